The van der Waals surface area contributed by atoms with Gasteiger partial charge in [0, 0.05) is 43.5 Å². The van der Waals surface area contributed by atoms with Crippen molar-refractivity contribution in [1.82, 2.24) is 24.3 Å². The average molecular weight is 414 g/mol. The molecule has 0 atom stereocenters. The fraction of sp³-hybridized carbons (Fsp3) is 0.476. The fourth-order valence-electron chi connectivity index (χ4n) is 3.61. The number of carbonyl (C=O) groups excluding carboxylic acids is 1. The highest BCUT2D eigenvalue weighted by Gasteiger charge is 2.24. The molecule has 1 amide bonds. The molecule has 1 aliphatic rings. The SMILES string of the molecule is CC(C)(C)c1nc(CN2CCN(C(=O)Cn3c(=O)[nH]c4ccccc43)CC2)cs1. The van der Waals surface area contributed by atoms with E-state index in [-0.39, 0.29) is 23.6 Å². The van der Waals surface area contributed by atoms with E-state index < -0.39 is 0 Å². The number of nitrogens with zero attached hydrogens (tertiary/aromatic N) is 4. The molecular weight excluding hydrogens is 386 g/mol. The van der Waals surface area contributed by atoms with E-state index in [1.54, 1.807) is 11.3 Å². The van der Waals surface area contributed by atoms with E-state index in [2.05, 4.69) is 36.0 Å². The van der Waals surface area contributed by atoms with Gasteiger partial charge in [-0.05, 0) is 12.1 Å². The summed E-state index contributed by atoms with van der Waals surface area (Å²) >= 11 is 1.72. The van der Waals surface area contributed by atoms with Crippen LogP contribution in [0.5, 0.6) is 0 Å². The number of nitrogens with one attached hydrogen (secondary N) is 1. The van der Waals surface area contributed by atoms with Crippen molar-refractivity contribution >= 4 is 28.3 Å². The van der Waals surface area contributed by atoms with Gasteiger partial charge in [0.25, 0.3) is 0 Å². The van der Waals surface area contributed by atoms with Crippen molar-refractivity contribution in [3.8, 4) is 0 Å². The largest absolute Gasteiger partial charge is 0.339 e. The number of benzene rings is 1. The number of para-hydroxylation sites is 2. The second kappa shape index (κ2) is 7.76. The Labute approximate surface area is 174 Å². The number of piperazine rings is 1. The van der Waals surface area contributed by atoms with Crippen LogP contribution in [0.2, 0.25) is 0 Å². The van der Waals surface area contributed by atoms with Crippen molar-refractivity contribution < 1.29 is 4.79 Å². The molecule has 1 N–H and O–H groups in total. The Balaban J connectivity index is 1.34. The Morgan fingerprint density at radius 1 is 1.17 bits per heavy atom. The summed E-state index contributed by atoms with van der Waals surface area (Å²) in [4.78, 5) is 36.7. The van der Waals surface area contributed by atoms with Crippen molar-refractivity contribution in [3.05, 3.63) is 50.8 Å². The molecule has 154 valence electrons. The standard InChI is InChI=1S/C21H27N5O2S/c1-21(2,3)19-22-15(14-29-19)12-24-8-10-25(11-9-24)18(27)13-26-17-7-5-4-6-16(17)23-20(26)28/h4-7,14H,8-13H2,1-3H3,(H,23,28). The molecule has 2 aromatic heterocycles. The number of amides is 1. The number of aromatic nitrogens is 3. The number of thiazole rings is 1. The maximum atomic E-state index is 12.8. The smallest absolute Gasteiger partial charge is 0.326 e. The van der Waals surface area contributed by atoms with Gasteiger partial charge in [-0.3, -0.25) is 14.3 Å². The van der Waals surface area contributed by atoms with Crippen molar-refractivity contribution in [2.75, 3.05) is 26.2 Å². The van der Waals surface area contributed by atoms with E-state index in [1.165, 1.54) is 4.57 Å². The quantitative estimate of drug-likeness (QED) is 0.713. The van der Waals surface area contributed by atoms with Gasteiger partial charge in [0.15, 0.2) is 0 Å². The molecule has 1 aliphatic heterocycles. The van der Waals surface area contributed by atoms with Crippen LogP contribution >= 0.6 is 11.3 Å². The Morgan fingerprint density at radius 3 is 2.59 bits per heavy atom. The third kappa shape index (κ3) is 4.28. The number of carbonyl (C=O) groups is 1. The highest BCUT2D eigenvalue weighted by molar-refractivity contribution is 7.09. The van der Waals surface area contributed by atoms with Gasteiger partial charge in [0.05, 0.1) is 21.7 Å². The molecule has 0 unspecified atom stereocenters. The van der Waals surface area contributed by atoms with Crippen LogP contribution in [-0.2, 0) is 23.3 Å². The summed E-state index contributed by atoms with van der Waals surface area (Å²) in [5, 5.41) is 3.30. The molecular formula is C21H27N5O2S. The monoisotopic (exact) mass is 413 g/mol. The van der Waals surface area contributed by atoms with Crippen LogP contribution < -0.4 is 5.69 Å². The molecule has 0 spiro atoms. The summed E-state index contributed by atoms with van der Waals surface area (Å²) in [5.74, 6) is -0.0137. The molecule has 1 fully saturated rings. The van der Waals surface area contributed by atoms with E-state index in [0.717, 1.165) is 41.4 Å². The van der Waals surface area contributed by atoms with Crippen LogP contribution in [-0.4, -0.2) is 56.4 Å². The van der Waals surface area contributed by atoms with Crippen LogP contribution in [0.3, 0.4) is 0 Å². The Hall–Kier alpha value is -2.45. The molecule has 4 rings (SSSR count). The van der Waals surface area contributed by atoms with Crippen molar-refractivity contribution in [1.29, 1.82) is 0 Å². The summed E-state index contributed by atoms with van der Waals surface area (Å²) < 4.78 is 1.52. The number of hydrogen-bond donors (Lipinski definition) is 1. The van der Waals surface area contributed by atoms with Gasteiger partial charge in [-0.25, -0.2) is 9.78 Å². The number of imidazole rings is 1. The van der Waals surface area contributed by atoms with Gasteiger partial charge < -0.3 is 9.88 Å². The molecule has 1 saturated heterocycles. The van der Waals surface area contributed by atoms with Crippen molar-refractivity contribution in [2.45, 2.75) is 39.3 Å². The van der Waals surface area contributed by atoms with Crippen LogP contribution in [0.1, 0.15) is 31.5 Å². The van der Waals surface area contributed by atoms with E-state index in [1.807, 2.05) is 29.2 Å². The molecule has 8 heteroatoms. The van der Waals surface area contributed by atoms with Crippen molar-refractivity contribution in [3.63, 3.8) is 0 Å². The van der Waals surface area contributed by atoms with Gasteiger partial charge in [0.1, 0.15) is 6.54 Å². The molecule has 0 aliphatic carbocycles. The van der Waals surface area contributed by atoms with Gasteiger partial charge in [-0.15, -0.1) is 11.3 Å². The zero-order valence-corrected chi connectivity index (χ0v) is 18.0. The molecule has 0 radical (unpaired) electrons. The third-order valence-electron chi connectivity index (χ3n) is 5.28. The Bertz CT molecular complexity index is 1070. The first-order valence-corrected chi connectivity index (χ1v) is 10.8. The molecule has 1 aromatic carbocycles. The predicted octanol–water partition coefficient (Wildman–Crippen LogP) is 2.43. The summed E-state index contributed by atoms with van der Waals surface area (Å²) in [6, 6.07) is 7.45. The molecule has 3 aromatic rings. The van der Waals surface area contributed by atoms with E-state index in [4.69, 9.17) is 4.98 Å². The minimum Gasteiger partial charge on any atom is -0.339 e. The summed E-state index contributed by atoms with van der Waals surface area (Å²) in [6.45, 7) is 10.4. The normalized spacial score (nSPS) is 15.9. The number of H-pyrrole nitrogens is 1. The maximum Gasteiger partial charge on any atom is 0.326 e. The lowest BCUT2D eigenvalue weighted by Gasteiger charge is -2.34. The lowest BCUT2D eigenvalue weighted by atomic mass is 9.98. The highest BCUT2D eigenvalue weighted by Crippen LogP contribution is 2.26. The summed E-state index contributed by atoms with van der Waals surface area (Å²) in [6.07, 6.45) is 0. The maximum absolute atomic E-state index is 12.8. The minimum absolute atomic E-state index is 0.0137. The van der Waals surface area contributed by atoms with Crippen LogP contribution in [0.4, 0.5) is 0 Å². The van der Waals surface area contributed by atoms with E-state index in [9.17, 15) is 9.59 Å². The number of hydrogen-bond acceptors (Lipinski definition) is 5. The van der Waals surface area contributed by atoms with E-state index in [0.29, 0.717) is 13.1 Å². The predicted molar refractivity (Wildman–Crippen MR) is 115 cm³/mol. The van der Waals surface area contributed by atoms with Gasteiger partial charge in [-0.1, -0.05) is 32.9 Å². The Kier molecular flexibility index (Phi) is 5.31. The zero-order chi connectivity index (χ0) is 20.6. The van der Waals surface area contributed by atoms with E-state index >= 15 is 0 Å². The molecule has 3 heterocycles. The van der Waals surface area contributed by atoms with Gasteiger partial charge >= 0.3 is 5.69 Å². The van der Waals surface area contributed by atoms with Crippen LogP contribution in [0.25, 0.3) is 11.0 Å². The zero-order valence-electron chi connectivity index (χ0n) is 17.1. The molecule has 0 saturated carbocycles. The summed E-state index contributed by atoms with van der Waals surface area (Å²) in [5.41, 5.74) is 2.46. The lowest BCUT2D eigenvalue weighted by molar-refractivity contribution is -0.133. The molecule has 0 bridgehead atoms. The lowest BCUT2D eigenvalue weighted by Crippen LogP contribution is -2.49. The average Bonchev–Trinajstić information content (AvgIpc) is 3.27. The number of aromatic amines is 1. The third-order valence-corrected chi connectivity index (χ3v) is 6.60. The fourth-order valence-corrected chi connectivity index (χ4v) is 4.51. The second-order valence-electron chi connectivity index (χ2n) is 8.58. The first-order chi connectivity index (χ1) is 13.8. The minimum atomic E-state index is -0.239. The van der Waals surface area contributed by atoms with Crippen LogP contribution in [0.15, 0.2) is 34.4 Å². The first-order valence-electron chi connectivity index (χ1n) is 9.94. The first kappa shape index (κ1) is 19.8. The second-order valence-corrected chi connectivity index (χ2v) is 9.44. The van der Waals surface area contributed by atoms with Gasteiger partial charge in [-0.2, -0.15) is 0 Å². The number of rotatable bonds is 4. The van der Waals surface area contributed by atoms with Crippen LogP contribution in [0, 0.1) is 0 Å². The molecule has 29 heavy (non-hydrogen) atoms. The van der Waals surface area contributed by atoms with Gasteiger partial charge in [0.2, 0.25) is 5.91 Å². The topological polar surface area (TPSA) is 74.2 Å². The number of fused-ring (bicyclic) bond motifs is 1. The highest BCUT2D eigenvalue weighted by atomic mass is 32.1. The summed E-state index contributed by atoms with van der Waals surface area (Å²) in [7, 11) is 0. The Morgan fingerprint density at radius 2 is 1.90 bits per heavy atom. The molecule has 7 nitrogen and oxygen atoms in total. The van der Waals surface area contributed by atoms with Crippen molar-refractivity contribution in [2.24, 2.45) is 0 Å².